The van der Waals surface area contributed by atoms with E-state index in [4.69, 9.17) is 4.74 Å². The number of hydrogen-bond donors (Lipinski definition) is 1. The zero-order chi connectivity index (χ0) is 12.3. The molecular weight excluding hydrogens is 216 g/mol. The maximum Gasteiger partial charge on any atom is 0.150 e. The average molecular weight is 236 g/mol. The number of carbonyl (C=O) groups is 1. The topological polar surface area (TPSA) is 46.5 Å². The maximum absolute atomic E-state index is 12.7. The van der Waals surface area contributed by atoms with E-state index in [2.05, 4.69) is 0 Å². The van der Waals surface area contributed by atoms with Crippen LogP contribution < -0.4 is 0 Å². The second-order valence-corrected chi connectivity index (χ2v) is 5.85. The van der Waals surface area contributed by atoms with E-state index in [0.717, 1.165) is 19.3 Å². The molecule has 2 aliphatic heterocycles. The molecule has 0 aromatic heterocycles. The minimum absolute atomic E-state index is 0.0625. The third-order valence-corrected chi connectivity index (χ3v) is 5.02. The first-order valence-electron chi connectivity index (χ1n) is 6.64. The van der Waals surface area contributed by atoms with Crippen molar-refractivity contribution in [3.05, 3.63) is 12.2 Å². The molecular formula is C14H20O3. The Bertz CT molecular complexity index is 389. The molecule has 0 aromatic carbocycles. The molecule has 17 heavy (non-hydrogen) atoms. The maximum atomic E-state index is 12.7. The van der Waals surface area contributed by atoms with Crippen molar-refractivity contribution in [2.24, 2.45) is 11.3 Å². The lowest BCUT2D eigenvalue weighted by Gasteiger charge is -2.53. The minimum Gasteiger partial charge on any atom is -0.392 e. The summed E-state index contributed by atoms with van der Waals surface area (Å²) in [5, 5.41) is 10.3. The fourth-order valence-corrected chi connectivity index (χ4v) is 4.00. The minimum atomic E-state index is -0.663. The van der Waals surface area contributed by atoms with Crippen molar-refractivity contribution in [3.8, 4) is 0 Å². The molecule has 2 fully saturated rings. The van der Waals surface area contributed by atoms with Gasteiger partial charge in [-0.1, -0.05) is 25.5 Å². The van der Waals surface area contributed by atoms with E-state index in [9.17, 15) is 9.90 Å². The summed E-state index contributed by atoms with van der Waals surface area (Å²) in [6, 6.07) is 0. The van der Waals surface area contributed by atoms with Crippen molar-refractivity contribution in [2.45, 2.75) is 57.3 Å². The Hall–Kier alpha value is -0.670. The van der Waals surface area contributed by atoms with Crippen molar-refractivity contribution >= 4 is 5.78 Å². The van der Waals surface area contributed by atoms with Crippen LogP contribution in [-0.2, 0) is 9.53 Å². The number of ketones is 1. The number of hydrogen-bond acceptors (Lipinski definition) is 3. The second kappa shape index (κ2) is 3.42. The van der Waals surface area contributed by atoms with E-state index in [1.165, 1.54) is 0 Å². The molecule has 3 rings (SSSR count). The van der Waals surface area contributed by atoms with Crippen LogP contribution in [0.15, 0.2) is 12.2 Å². The van der Waals surface area contributed by atoms with Gasteiger partial charge in [-0.05, 0) is 26.2 Å². The van der Waals surface area contributed by atoms with E-state index in [1.54, 1.807) is 0 Å². The van der Waals surface area contributed by atoms with Crippen molar-refractivity contribution in [2.75, 3.05) is 0 Å². The molecule has 3 nitrogen and oxygen atoms in total. The lowest BCUT2D eigenvalue weighted by molar-refractivity contribution is -0.203. The van der Waals surface area contributed by atoms with E-state index < -0.39 is 17.1 Å². The zero-order valence-corrected chi connectivity index (χ0v) is 10.5. The Labute approximate surface area is 102 Å². The fourth-order valence-electron chi connectivity index (χ4n) is 4.00. The highest BCUT2D eigenvalue weighted by Gasteiger charge is 2.64. The Morgan fingerprint density at radius 3 is 3.12 bits per heavy atom. The Balaban J connectivity index is 2.09. The highest BCUT2D eigenvalue weighted by atomic mass is 16.5. The van der Waals surface area contributed by atoms with Crippen LogP contribution in [0.2, 0.25) is 0 Å². The highest BCUT2D eigenvalue weighted by molar-refractivity contribution is 5.92. The van der Waals surface area contributed by atoms with E-state index >= 15 is 0 Å². The zero-order valence-electron chi connectivity index (χ0n) is 10.5. The molecule has 0 aromatic rings. The van der Waals surface area contributed by atoms with Gasteiger partial charge in [0.2, 0.25) is 0 Å². The number of Topliss-reactive ketones (excluding diaryl/α,β-unsaturated/α-hetero) is 1. The molecule has 0 unspecified atom stereocenters. The van der Waals surface area contributed by atoms with Crippen LogP contribution in [0.3, 0.4) is 0 Å². The largest absolute Gasteiger partial charge is 0.392 e. The van der Waals surface area contributed by atoms with Crippen LogP contribution >= 0.6 is 0 Å². The Morgan fingerprint density at radius 1 is 1.65 bits per heavy atom. The summed E-state index contributed by atoms with van der Waals surface area (Å²) in [4.78, 5) is 12.7. The van der Waals surface area contributed by atoms with Gasteiger partial charge in [0.05, 0.1) is 29.1 Å². The number of ether oxygens (including phenoxy) is 1. The van der Waals surface area contributed by atoms with Crippen LogP contribution in [-0.4, -0.2) is 28.7 Å². The van der Waals surface area contributed by atoms with E-state index in [0.29, 0.717) is 6.42 Å². The van der Waals surface area contributed by atoms with Crippen molar-refractivity contribution in [1.82, 2.24) is 0 Å². The van der Waals surface area contributed by atoms with Crippen LogP contribution in [0.1, 0.15) is 39.5 Å². The number of rotatable bonds is 2. The monoisotopic (exact) mass is 236 g/mol. The molecule has 4 bridgehead atoms. The first-order valence-corrected chi connectivity index (χ1v) is 6.64. The molecule has 3 aliphatic rings. The first-order chi connectivity index (χ1) is 8.04. The lowest BCUT2D eigenvalue weighted by atomic mass is 9.58. The van der Waals surface area contributed by atoms with Gasteiger partial charge in [0.1, 0.15) is 0 Å². The summed E-state index contributed by atoms with van der Waals surface area (Å²) >= 11 is 0. The average Bonchev–Trinajstić information content (AvgIpc) is 2.70. The van der Waals surface area contributed by atoms with Crippen molar-refractivity contribution in [1.29, 1.82) is 0 Å². The lowest BCUT2D eigenvalue weighted by Crippen LogP contribution is -2.63. The van der Waals surface area contributed by atoms with E-state index in [-0.39, 0.29) is 17.8 Å². The second-order valence-electron chi connectivity index (χ2n) is 5.85. The molecule has 1 saturated carbocycles. The van der Waals surface area contributed by atoms with E-state index in [1.807, 2.05) is 26.0 Å². The Morgan fingerprint density at radius 2 is 2.41 bits per heavy atom. The number of aliphatic hydroxyl groups excluding tert-OH is 1. The summed E-state index contributed by atoms with van der Waals surface area (Å²) in [7, 11) is 0. The standard InChI is InChI=1S/C14H20O3/c1-3-10(15)14-7-4-5-9(12(14)16)13(2)8-6-11(14)17-13/h6,8-11,15H,3-5,7H2,1-2H3/t9-,10+,11-,13+,14+/m1/s1. The third-order valence-electron chi connectivity index (χ3n) is 5.02. The number of aliphatic hydroxyl groups is 1. The normalized spacial score (nSPS) is 49.5. The molecule has 5 atom stereocenters. The molecule has 0 radical (unpaired) electrons. The summed E-state index contributed by atoms with van der Waals surface area (Å²) in [5.74, 6) is 0.175. The van der Waals surface area contributed by atoms with Crippen LogP contribution in [0.4, 0.5) is 0 Å². The predicted octanol–water partition coefficient (Wildman–Crippen LogP) is 1.84. The summed E-state index contributed by atoms with van der Waals surface area (Å²) in [6.45, 7) is 3.93. The van der Waals surface area contributed by atoms with Crippen molar-refractivity contribution in [3.63, 3.8) is 0 Å². The van der Waals surface area contributed by atoms with Crippen molar-refractivity contribution < 1.29 is 14.6 Å². The molecule has 3 heteroatoms. The summed E-state index contributed by atoms with van der Waals surface area (Å²) in [5.41, 5.74) is -1.08. The molecule has 94 valence electrons. The smallest absolute Gasteiger partial charge is 0.150 e. The van der Waals surface area contributed by atoms with Gasteiger partial charge in [-0.15, -0.1) is 0 Å². The SMILES string of the molecule is CC[C@H](O)[C@]12CCC[C@H](C1=O)[C@]1(C)C=C[C@H]2O1. The predicted molar refractivity (Wildman–Crippen MR) is 63.5 cm³/mol. The molecule has 2 heterocycles. The molecule has 1 N–H and O–H groups in total. The van der Waals surface area contributed by atoms with Crippen LogP contribution in [0, 0.1) is 11.3 Å². The van der Waals surface area contributed by atoms with Gasteiger partial charge in [0.25, 0.3) is 0 Å². The highest BCUT2D eigenvalue weighted by Crippen LogP contribution is 2.56. The molecule has 0 spiro atoms. The first kappa shape index (κ1) is 11.4. The molecule has 1 aliphatic carbocycles. The number of carbonyl (C=O) groups excluding carboxylic acids is 1. The fraction of sp³-hybridized carbons (Fsp3) is 0.786. The number of fused-ring (bicyclic) bond motifs is 6. The van der Waals surface area contributed by atoms with Crippen LogP contribution in [0.5, 0.6) is 0 Å². The van der Waals surface area contributed by atoms with Gasteiger partial charge in [-0.2, -0.15) is 0 Å². The summed E-state index contributed by atoms with van der Waals surface area (Å²) < 4.78 is 6.06. The molecule has 1 saturated heterocycles. The quantitative estimate of drug-likeness (QED) is 0.744. The molecule has 0 amide bonds. The van der Waals surface area contributed by atoms with Gasteiger partial charge in [0, 0.05) is 0 Å². The summed E-state index contributed by atoms with van der Waals surface area (Å²) in [6.07, 6.45) is 6.54. The third kappa shape index (κ3) is 1.22. The van der Waals surface area contributed by atoms with Gasteiger partial charge in [-0.25, -0.2) is 0 Å². The van der Waals surface area contributed by atoms with Gasteiger partial charge >= 0.3 is 0 Å². The van der Waals surface area contributed by atoms with Gasteiger partial charge in [0.15, 0.2) is 5.78 Å². The Kier molecular flexibility index (Phi) is 2.30. The van der Waals surface area contributed by atoms with Crippen LogP contribution in [0.25, 0.3) is 0 Å². The van der Waals surface area contributed by atoms with Gasteiger partial charge < -0.3 is 9.84 Å². The van der Waals surface area contributed by atoms with Gasteiger partial charge in [-0.3, -0.25) is 4.79 Å².